The van der Waals surface area contributed by atoms with Crippen LogP contribution in [-0.4, -0.2) is 0 Å². The summed E-state index contributed by atoms with van der Waals surface area (Å²) in [5, 5.41) is 18.0. The molecule has 0 radical (unpaired) electrons. The van der Waals surface area contributed by atoms with E-state index in [0.717, 1.165) is 4.90 Å². The molecule has 18 heavy (non-hydrogen) atoms. The zero-order valence-corrected chi connectivity index (χ0v) is 10.2. The van der Waals surface area contributed by atoms with Gasteiger partial charge in [-0.05, 0) is 30.3 Å². The number of benzene rings is 2. The second-order valence-corrected chi connectivity index (χ2v) is 4.02. The normalized spacial score (nSPS) is 9.28. The lowest BCUT2D eigenvalue weighted by Crippen LogP contribution is -1.91. The average molecular weight is 252 g/mol. The second-order valence-electron chi connectivity index (χ2n) is 3.50. The van der Waals surface area contributed by atoms with Crippen LogP contribution in [-0.2, 0) is 0 Å². The number of rotatable bonds is 2. The Bertz CT molecular complexity index is 668. The molecule has 0 spiro atoms. The van der Waals surface area contributed by atoms with Crippen LogP contribution < -0.4 is 4.74 Å². The molecule has 2 aromatic carbocycles. The Hall–Kier alpha value is -2.43. The largest absolute Gasteiger partial charge is 0.456 e. The van der Waals surface area contributed by atoms with Crippen molar-refractivity contribution in [3.05, 3.63) is 53.6 Å². The first kappa shape index (κ1) is 12.0. The van der Waals surface area contributed by atoms with Crippen molar-refractivity contribution >= 4 is 12.6 Å². The van der Waals surface area contributed by atoms with Crippen LogP contribution in [0.2, 0.25) is 0 Å². The Morgan fingerprint density at radius 3 is 2.44 bits per heavy atom. The minimum Gasteiger partial charge on any atom is -0.456 e. The van der Waals surface area contributed by atoms with Crippen molar-refractivity contribution in [3.8, 4) is 23.6 Å². The predicted molar refractivity (Wildman–Crippen MR) is 69.6 cm³/mol. The van der Waals surface area contributed by atoms with Gasteiger partial charge in [0.1, 0.15) is 29.2 Å². The molecule has 0 atom stereocenters. The first-order valence-corrected chi connectivity index (χ1v) is 5.59. The SMILES string of the molecule is N#Cc1cccc(Oc2cccc(S)c2)c1C#N. The Morgan fingerprint density at radius 1 is 1.00 bits per heavy atom. The molecule has 0 fully saturated rings. The third-order valence-electron chi connectivity index (χ3n) is 2.30. The molecule has 4 heteroatoms. The Labute approximate surface area is 110 Å². The van der Waals surface area contributed by atoms with Crippen LogP contribution in [0.3, 0.4) is 0 Å². The summed E-state index contributed by atoms with van der Waals surface area (Å²) in [6.07, 6.45) is 0. The average Bonchev–Trinajstić information content (AvgIpc) is 2.38. The maximum atomic E-state index is 9.07. The minimum absolute atomic E-state index is 0.240. The van der Waals surface area contributed by atoms with Gasteiger partial charge in [-0.3, -0.25) is 0 Å². The van der Waals surface area contributed by atoms with E-state index in [1.807, 2.05) is 18.2 Å². The highest BCUT2D eigenvalue weighted by Gasteiger charge is 2.09. The second kappa shape index (κ2) is 5.27. The first-order valence-electron chi connectivity index (χ1n) is 5.14. The van der Waals surface area contributed by atoms with Crippen molar-refractivity contribution in [1.29, 1.82) is 10.5 Å². The first-order chi connectivity index (χ1) is 8.74. The highest BCUT2D eigenvalue weighted by molar-refractivity contribution is 7.80. The van der Waals surface area contributed by atoms with Crippen molar-refractivity contribution in [2.75, 3.05) is 0 Å². The molecule has 0 N–H and O–H groups in total. The molecular formula is C14H8N2OS. The Kier molecular flexibility index (Phi) is 3.52. The van der Waals surface area contributed by atoms with Gasteiger partial charge >= 0.3 is 0 Å². The molecule has 0 unspecified atom stereocenters. The third kappa shape index (κ3) is 2.45. The van der Waals surface area contributed by atoms with Crippen LogP contribution in [0.5, 0.6) is 11.5 Å². The number of nitrogens with zero attached hydrogens (tertiary/aromatic N) is 2. The summed E-state index contributed by atoms with van der Waals surface area (Å²) >= 11 is 4.21. The zero-order valence-electron chi connectivity index (χ0n) is 9.29. The molecular weight excluding hydrogens is 244 g/mol. The molecule has 0 amide bonds. The van der Waals surface area contributed by atoms with E-state index in [2.05, 4.69) is 12.6 Å². The summed E-state index contributed by atoms with van der Waals surface area (Å²) in [5.74, 6) is 0.949. The van der Waals surface area contributed by atoms with Gasteiger partial charge in [-0.25, -0.2) is 0 Å². The number of thiol groups is 1. The van der Waals surface area contributed by atoms with Crippen molar-refractivity contribution < 1.29 is 4.74 Å². The summed E-state index contributed by atoms with van der Waals surface area (Å²) in [7, 11) is 0. The fourth-order valence-corrected chi connectivity index (χ4v) is 1.71. The standard InChI is InChI=1S/C14H8N2OS/c15-8-10-3-1-6-14(13(10)9-16)17-11-4-2-5-12(18)7-11/h1-7,18H. The van der Waals surface area contributed by atoms with E-state index in [0.29, 0.717) is 17.1 Å². The molecule has 0 bridgehead atoms. The monoisotopic (exact) mass is 252 g/mol. The van der Waals surface area contributed by atoms with Crippen LogP contribution in [0.25, 0.3) is 0 Å². The Balaban J connectivity index is 2.42. The topological polar surface area (TPSA) is 56.8 Å². The van der Waals surface area contributed by atoms with E-state index < -0.39 is 0 Å². The predicted octanol–water partition coefficient (Wildman–Crippen LogP) is 3.51. The summed E-state index contributed by atoms with van der Waals surface area (Å²) in [6, 6.07) is 16.0. The lowest BCUT2D eigenvalue weighted by atomic mass is 10.1. The summed E-state index contributed by atoms with van der Waals surface area (Å²) < 4.78 is 5.60. The van der Waals surface area contributed by atoms with Crippen molar-refractivity contribution in [2.45, 2.75) is 4.90 Å². The maximum absolute atomic E-state index is 9.07. The number of nitriles is 2. The van der Waals surface area contributed by atoms with Crippen molar-refractivity contribution in [1.82, 2.24) is 0 Å². The summed E-state index contributed by atoms with van der Waals surface area (Å²) in [4.78, 5) is 0.766. The zero-order chi connectivity index (χ0) is 13.0. The fourth-order valence-electron chi connectivity index (χ4n) is 1.50. The maximum Gasteiger partial charge on any atom is 0.146 e. The van der Waals surface area contributed by atoms with Crippen molar-refractivity contribution in [2.24, 2.45) is 0 Å². The van der Waals surface area contributed by atoms with Gasteiger partial charge < -0.3 is 4.74 Å². The molecule has 3 nitrogen and oxygen atoms in total. The lowest BCUT2D eigenvalue weighted by molar-refractivity contribution is 0.479. The highest BCUT2D eigenvalue weighted by atomic mass is 32.1. The van der Waals surface area contributed by atoms with Gasteiger partial charge in [0.2, 0.25) is 0 Å². The Morgan fingerprint density at radius 2 is 1.78 bits per heavy atom. The van der Waals surface area contributed by atoms with E-state index in [1.54, 1.807) is 36.4 Å². The third-order valence-corrected chi connectivity index (χ3v) is 2.58. The molecule has 0 aliphatic heterocycles. The lowest BCUT2D eigenvalue weighted by Gasteiger charge is -2.08. The smallest absolute Gasteiger partial charge is 0.146 e. The van der Waals surface area contributed by atoms with Gasteiger partial charge in [0.25, 0.3) is 0 Å². The highest BCUT2D eigenvalue weighted by Crippen LogP contribution is 2.28. The van der Waals surface area contributed by atoms with Crippen molar-refractivity contribution in [3.63, 3.8) is 0 Å². The molecule has 0 aliphatic rings. The van der Waals surface area contributed by atoms with Crippen LogP contribution in [0.4, 0.5) is 0 Å². The molecule has 2 aromatic rings. The van der Waals surface area contributed by atoms with Gasteiger partial charge in [-0.15, -0.1) is 12.6 Å². The van der Waals surface area contributed by atoms with E-state index in [-0.39, 0.29) is 5.56 Å². The van der Waals surface area contributed by atoms with E-state index in [4.69, 9.17) is 15.3 Å². The van der Waals surface area contributed by atoms with Gasteiger partial charge in [0.15, 0.2) is 0 Å². The van der Waals surface area contributed by atoms with Gasteiger partial charge in [-0.2, -0.15) is 10.5 Å². The summed E-state index contributed by atoms with van der Waals surface area (Å²) in [5.41, 5.74) is 0.543. The molecule has 0 saturated carbocycles. The van der Waals surface area contributed by atoms with Crippen LogP contribution >= 0.6 is 12.6 Å². The quantitative estimate of drug-likeness (QED) is 0.832. The van der Waals surface area contributed by atoms with Gasteiger partial charge in [0, 0.05) is 4.90 Å². The van der Waals surface area contributed by atoms with Crippen LogP contribution in [0.1, 0.15) is 11.1 Å². The fraction of sp³-hybridized carbons (Fsp3) is 0. The number of hydrogen-bond donors (Lipinski definition) is 1. The van der Waals surface area contributed by atoms with Gasteiger partial charge in [0.05, 0.1) is 5.56 Å². The number of ether oxygens (including phenoxy) is 1. The molecule has 86 valence electrons. The van der Waals surface area contributed by atoms with E-state index in [1.165, 1.54) is 0 Å². The van der Waals surface area contributed by atoms with Crippen LogP contribution in [0.15, 0.2) is 47.4 Å². The minimum atomic E-state index is 0.240. The van der Waals surface area contributed by atoms with E-state index >= 15 is 0 Å². The molecule has 2 rings (SSSR count). The number of hydrogen-bond acceptors (Lipinski definition) is 4. The van der Waals surface area contributed by atoms with Gasteiger partial charge in [-0.1, -0.05) is 12.1 Å². The molecule has 0 aromatic heterocycles. The van der Waals surface area contributed by atoms with E-state index in [9.17, 15) is 0 Å². The molecule has 0 saturated heterocycles. The summed E-state index contributed by atoms with van der Waals surface area (Å²) in [6.45, 7) is 0. The molecule has 0 aliphatic carbocycles. The molecule has 0 heterocycles. The van der Waals surface area contributed by atoms with Crippen LogP contribution in [0, 0.1) is 22.7 Å².